The molecule has 26 heavy (non-hydrogen) atoms. The number of para-hydroxylation sites is 1. The van der Waals surface area contributed by atoms with E-state index in [4.69, 9.17) is 11.6 Å². The maximum Gasteiger partial charge on any atom is 0.278 e. The van der Waals surface area contributed by atoms with E-state index in [9.17, 15) is 4.79 Å². The predicted octanol–water partition coefficient (Wildman–Crippen LogP) is 3.79. The number of hydrogen-bond acceptors (Lipinski definition) is 3. The van der Waals surface area contributed by atoms with Gasteiger partial charge in [0.05, 0.1) is 16.3 Å². The van der Waals surface area contributed by atoms with Crippen LogP contribution in [0.15, 0.2) is 48.5 Å². The molecule has 0 bridgehead atoms. The lowest BCUT2D eigenvalue weighted by Gasteiger charge is -2.23. The number of nitrogens with two attached hydrogens (primary N) is 1. The van der Waals surface area contributed by atoms with Crippen LogP contribution in [-0.2, 0) is 4.79 Å². The van der Waals surface area contributed by atoms with Crippen LogP contribution < -0.4 is 5.32 Å². The maximum atomic E-state index is 12.6. The van der Waals surface area contributed by atoms with Gasteiger partial charge in [-0.1, -0.05) is 35.9 Å². The zero-order valence-corrected chi connectivity index (χ0v) is 16.7. The lowest BCUT2D eigenvalue weighted by Crippen LogP contribution is -2.87. The van der Waals surface area contributed by atoms with Crippen molar-refractivity contribution in [2.75, 3.05) is 13.6 Å². The molecule has 0 saturated carbocycles. The highest BCUT2D eigenvalue weighted by molar-refractivity contribution is 7.18. The molecule has 0 aliphatic rings. The fourth-order valence-electron chi connectivity index (χ4n) is 2.77. The van der Waals surface area contributed by atoms with Gasteiger partial charge in [0, 0.05) is 17.6 Å². The highest BCUT2D eigenvalue weighted by Crippen LogP contribution is 2.28. The summed E-state index contributed by atoms with van der Waals surface area (Å²) in [6, 6.07) is 16.0. The van der Waals surface area contributed by atoms with Crippen molar-refractivity contribution in [3.63, 3.8) is 0 Å². The standard InChI is InChI=1S/C20H22ClN3OS/c1-13(15-8-10-16(21)11-9-15)22-12-19(25)24(3)14(2)20-23-17-6-4-5-7-18(17)26-20/h4-11,13-14,22H,12H2,1-3H3/p+1/t13-,14-/m0/s1. The molecule has 2 atom stereocenters. The van der Waals surface area contributed by atoms with Crippen LogP contribution in [0.2, 0.25) is 5.02 Å². The number of amides is 1. The zero-order chi connectivity index (χ0) is 18.7. The number of hydrogen-bond donors (Lipinski definition) is 1. The number of fused-ring (bicyclic) bond motifs is 1. The molecule has 0 aliphatic heterocycles. The van der Waals surface area contributed by atoms with Gasteiger partial charge in [-0.2, -0.15) is 0 Å². The Morgan fingerprint density at radius 1 is 1.19 bits per heavy atom. The largest absolute Gasteiger partial charge is 0.333 e. The number of carbonyl (C=O) groups is 1. The monoisotopic (exact) mass is 388 g/mol. The third kappa shape index (κ3) is 4.23. The van der Waals surface area contributed by atoms with Gasteiger partial charge < -0.3 is 10.2 Å². The Kier molecular flexibility index (Phi) is 5.91. The molecule has 0 fully saturated rings. The van der Waals surface area contributed by atoms with Crippen LogP contribution in [0.5, 0.6) is 0 Å². The Balaban J connectivity index is 1.60. The molecule has 2 aromatic carbocycles. The molecule has 0 radical (unpaired) electrons. The number of thiazole rings is 1. The Bertz CT molecular complexity index is 860. The smallest absolute Gasteiger partial charge is 0.278 e. The molecule has 1 heterocycles. The number of quaternary nitrogens is 1. The average Bonchev–Trinajstić information content (AvgIpc) is 3.09. The molecule has 1 amide bonds. The van der Waals surface area contributed by atoms with Crippen molar-refractivity contribution >= 4 is 39.1 Å². The van der Waals surface area contributed by atoms with Crippen molar-refractivity contribution in [3.05, 3.63) is 64.1 Å². The maximum absolute atomic E-state index is 12.6. The molecule has 2 N–H and O–H groups in total. The van der Waals surface area contributed by atoms with Gasteiger partial charge in [0.1, 0.15) is 11.0 Å². The van der Waals surface area contributed by atoms with E-state index in [0.29, 0.717) is 6.54 Å². The highest BCUT2D eigenvalue weighted by Gasteiger charge is 2.22. The number of rotatable bonds is 6. The minimum absolute atomic E-state index is 0.0425. The van der Waals surface area contributed by atoms with Crippen molar-refractivity contribution in [3.8, 4) is 0 Å². The second-order valence-electron chi connectivity index (χ2n) is 6.48. The molecule has 6 heteroatoms. The fraction of sp³-hybridized carbons (Fsp3) is 0.300. The van der Waals surface area contributed by atoms with E-state index < -0.39 is 0 Å². The quantitative estimate of drug-likeness (QED) is 0.698. The van der Waals surface area contributed by atoms with Crippen molar-refractivity contribution in [1.29, 1.82) is 0 Å². The minimum Gasteiger partial charge on any atom is -0.333 e. The van der Waals surface area contributed by atoms with E-state index in [1.54, 1.807) is 16.2 Å². The first-order valence-electron chi connectivity index (χ1n) is 8.65. The van der Waals surface area contributed by atoms with Crippen molar-refractivity contribution in [1.82, 2.24) is 9.88 Å². The predicted molar refractivity (Wildman–Crippen MR) is 107 cm³/mol. The average molecular weight is 389 g/mol. The summed E-state index contributed by atoms with van der Waals surface area (Å²) in [5, 5.41) is 3.74. The molecule has 3 aromatic rings. The summed E-state index contributed by atoms with van der Waals surface area (Å²) in [7, 11) is 1.85. The van der Waals surface area contributed by atoms with Crippen molar-refractivity contribution < 1.29 is 10.1 Å². The first-order valence-corrected chi connectivity index (χ1v) is 9.85. The van der Waals surface area contributed by atoms with Crippen molar-refractivity contribution in [2.24, 2.45) is 0 Å². The van der Waals surface area contributed by atoms with Gasteiger partial charge in [-0.05, 0) is 38.1 Å². The van der Waals surface area contributed by atoms with E-state index in [0.717, 1.165) is 25.8 Å². The van der Waals surface area contributed by atoms with Gasteiger partial charge in [0.25, 0.3) is 5.91 Å². The number of likely N-dealkylation sites (N-methyl/N-ethyl adjacent to an activating group) is 1. The van der Waals surface area contributed by atoms with Gasteiger partial charge in [-0.25, -0.2) is 4.98 Å². The van der Waals surface area contributed by atoms with Crippen LogP contribution in [0.1, 0.15) is 36.5 Å². The van der Waals surface area contributed by atoms with Gasteiger partial charge in [-0.3, -0.25) is 4.79 Å². The van der Waals surface area contributed by atoms with E-state index in [1.165, 1.54) is 0 Å². The van der Waals surface area contributed by atoms with Gasteiger partial charge in [-0.15, -0.1) is 11.3 Å². The van der Waals surface area contributed by atoms with Crippen LogP contribution in [0.3, 0.4) is 0 Å². The normalized spacial score (nSPS) is 13.5. The molecule has 4 nitrogen and oxygen atoms in total. The van der Waals surface area contributed by atoms with Gasteiger partial charge in [0.15, 0.2) is 6.54 Å². The van der Waals surface area contributed by atoms with Crippen LogP contribution >= 0.6 is 22.9 Å². The third-order valence-corrected chi connectivity index (χ3v) is 6.14. The van der Waals surface area contributed by atoms with E-state index >= 15 is 0 Å². The van der Waals surface area contributed by atoms with Crippen LogP contribution in [0, 0.1) is 0 Å². The van der Waals surface area contributed by atoms with Gasteiger partial charge in [0.2, 0.25) is 0 Å². The second-order valence-corrected chi connectivity index (χ2v) is 7.98. The fourth-order valence-corrected chi connectivity index (χ4v) is 3.96. The van der Waals surface area contributed by atoms with E-state index in [1.807, 2.05) is 61.8 Å². The Hall–Kier alpha value is -1.95. The first-order chi connectivity index (χ1) is 12.5. The molecule has 0 unspecified atom stereocenters. The molecule has 0 saturated heterocycles. The van der Waals surface area contributed by atoms with Crippen molar-refractivity contribution in [2.45, 2.75) is 25.9 Å². The van der Waals surface area contributed by atoms with E-state index in [2.05, 4.69) is 18.0 Å². The SMILES string of the molecule is C[C@H]([NH2+]CC(=O)N(C)[C@@H](C)c1nc2ccccc2s1)c1ccc(Cl)cc1. The molecular weight excluding hydrogens is 366 g/mol. The van der Waals surface area contributed by atoms with Crippen LogP contribution in [0.4, 0.5) is 0 Å². The van der Waals surface area contributed by atoms with E-state index in [-0.39, 0.29) is 18.0 Å². The molecule has 0 aliphatic carbocycles. The Labute approximate surface area is 162 Å². The number of carbonyl (C=O) groups excluding carboxylic acids is 1. The van der Waals surface area contributed by atoms with Crippen LogP contribution in [-0.4, -0.2) is 29.4 Å². The first kappa shape index (κ1) is 18.8. The molecular formula is C20H23ClN3OS+. The molecule has 136 valence electrons. The second kappa shape index (κ2) is 8.16. The number of benzene rings is 2. The number of halogens is 1. The topological polar surface area (TPSA) is 49.8 Å². The summed E-state index contributed by atoms with van der Waals surface area (Å²) in [6.07, 6.45) is 0. The lowest BCUT2D eigenvalue weighted by molar-refractivity contribution is -0.683. The third-order valence-electron chi connectivity index (χ3n) is 4.68. The molecule has 0 spiro atoms. The summed E-state index contributed by atoms with van der Waals surface area (Å²) < 4.78 is 1.15. The summed E-state index contributed by atoms with van der Waals surface area (Å²) in [5.41, 5.74) is 2.15. The summed E-state index contributed by atoms with van der Waals surface area (Å²) >= 11 is 7.58. The minimum atomic E-state index is -0.0425. The van der Waals surface area contributed by atoms with Crippen LogP contribution in [0.25, 0.3) is 10.2 Å². The Morgan fingerprint density at radius 3 is 2.58 bits per heavy atom. The Morgan fingerprint density at radius 2 is 1.88 bits per heavy atom. The molecule has 1 aromatic heterocycles. The highest BCUT2D eigenvalue weighted by atomic mass is 35.5. The number of aromatic nitrogens is 1. The lowest BCUT2D eigenvalue weighted by atomic mass is 10.1. The zero-order valence-electron chi connectivity index (χ0n) is 15.1. The number of nitrogens with zero attached hydrogens (tertiary/aromatic N) is 2. The molecule has 3 rings (SSSR count). The summed E-state index contributed by atoms with van der Waals surface area (Å²) in [5.74, 6) is 0.0950. The summed E-state index contributed by atoms with van der Waals surface area (Å²) in [4.78, 5) is 19.1. The summed E-state index contributed by atoms with van der Waals surface area (Å²) in [6.45, 7) is 4.52. The van der Waals surface area contributed by atoms with Gasteiger partial charge >= 0.3 is 0 Å².